The molecule has 0 unspecified atom stereocenters. The summed E-state index contributed by atoms with van der Waals surface area (Å²) in [5, 5.41) is 20.4. The molecule has 0 saturated heterocycles. The molecular formula is C22H15Cl2N3O2. The zero-order valence-corrected chi connectivity index (χ0v) is 16.6. The summed E-state index contributed by atoms with van der Waals surface area (Å²) in [7, 11) is 0. The number of para-hydroxylation sites is 1. The number of carbonyl (C=O) groups is 1. The third-order valence-corrected chi connectivity index (χ3v) is 5.12. The summed E-state index contributed by atoms with van der Waals surface area (Å²) in [5.74, 6) is -0.636. The first-order valence-corrected chi connectivity index (χ1v) is 9.55. The summed E-state index contributed by atoms with van der Waals surface area (Å²) in [5.41, 5.74) is 2.15. The molecule has 5 nitrogen and oxygen atoms in total. The Labute approximate surface area is 176 Å². The van der Waals surface area contributed by atoms with Gasteiger partial charge in [-0.25, -0.2) is 0 Å². The Morgan fingerprint density at radius 3 is 2.52 bits per heavy atom. The van der Waals surface area contributed by atoms with E-state index in [0.29, 0.717) is 27.5 Å². The Morgan fingerprint density at radius 2 is 1.72 bits per heavy atom. The van der Waals surface area contributed by atoms with Crippen LogP contribution in [0.15, 0.2) is 83.0 Å². The van der Waals surface area contributed by atoms with Crippen LogP contribution >= 0.6 is 23.2 Å². The number of halogens is 2. The van der Waals surface area contributed by atoms with Gasteiger partial charge in [-0.05, 0) is 35.9 Å². The van der Waals surface area contributed by atoms with Crippen LogP contribution in [0.2, 0.25) is 10.0 Å². The van der Waals surface area contributed by atoms with E-state index in [4.69, 9.17) is 23.2 Å². The normalized spacial score (nSPS) is 11.4. The minimum atomic E-state index is -0.546. The number of amides is 1. The van der Waals surface area contributed by atoms with E-state index in [9.17, 15) is 9.90 Å². The minimum absolute atomic E-state index is 0.0891. The van der Waals surface area contributed by atoms with Crippen LogP contribution in [0.5, 0.6) is 5.88 Å². The van der Waals surface area contributed by atoms with E-state index in [2.05, 4.69) is 10.2 Å². The van der Waals surface area contributed by atoms with E-state index in [1.54, 1.807) is 28.8 Å². The lowest BCUT2D eigenvalue weighted by atomic mass is 10.2. The summed E-state index contributed by atoms with van der Waals surface area (Å²) in [4.78, 5) is 12.3. The van der Waals surface area contributed by atoms with Crippen molar-refractivity contribution in [3.8, 4) is 5.88 Å². The van der Waals surface area contributed by atoms with Crippen LogP contribution in [-0.4, -0.2) is 15.6 Å². The molecule has 1 heterocycles. The quantitative estimate of drug-likeness (QED) is 0.374. The predicted molar refractivity (Wildman–Crippen MR) is 114 cm³/mol. The van der Waals surface area contributed by atoms with Crippen LogP contribution in [0.25, 0.3) is 10.9 Å². The van der Waals surface area contributed by atoms with E-state index >= 15 is 0 Å². The van der Waals surface area contributed by atoms with E-state index in [1.165, 1.54) is 6.07 Å². The Kier molecular flexibility index (Phi) is 5.34. The van der Waals surface area contributed by atoms with Crippen molar-refractivity contribution in [1.29, 1.82) is 0 Å². The number of nitrogens with zero attached hydrogens (tertiary/aromatic N) is 3. The number of azo groups is 1. The molecule has 0 bridgehead atoms. The fourth-order valence-corrected chi connectivity index (χ4v) is 3.49. The Balaban J connectivity index is 1.74. The second-order valence-corrected chi connectivity index (χ2v) is 7.23. The monoisotopic (exact) mass is 423 g/mol. The smallest absolute Gasteiger partial charge is 0.295 e. The number of benzene rings is 3. The van der Waals surface area contributed by atoms with Crippen molar-refractivity contribution in [3.63, 3.8) is 0 Å². The van der Waals surface area contributed by atoms with Gasteiger partial charge in [0.25, 0.3) is 5.91 Å². The number of fused-ring (bicyclic) bond motifs is 1. The van der Waals surface area contributed by atoms with Gasteiger partial charge in [-0.15, -0.1) is 10.2 Å². The SMILES string of the molecule is O=C(N=Nc1c(O)n(Cc2ccccc2Cl)c2ccccc12)c1cccc(Cl)c1. The van der Waals surface area contributed by atoms with Gasteiger partial charge in [-0.2, -0.15) is 0 Å². The largest absolute Gasteiger partial charge is 0.493 e. The second-order valence-electron chi connectivity index (χ2n) is 6.38. The van der Waals surface area contributed by atoms with Gasteiger partial charge in [0.05, 0.1) is 12.1 Å². The van der Waals surface area contributed by atoms with E-state index < -0.39 is 5.91 Å². The Morgan fingerprint density at radius 1 is 0.966 bits per heavy atom. The first kappa shape index (κ1) is 19.2. The molecule has 3 aromatic carbocycles. The number of hydrogen-bond acceptors (Lipinski definition) is 3. The molecule has 1 N–H and O–H groups in total. The molecule has 4 rings (SSSR count). The number of rotatable bonds is 4. The number of aromatic nitrogens is 1. The third kappa shape index (κ3) is 3.88. The molecule has 0 spiro atoms. The first-order valence-electron chi connectivity index (χ1n) is 8.80. The fourth-order valence-electron chi connectivity index (χ4n) is 3.10. The fraction of sp³-hybridized carbons (Fsp3) is 0.0455. The topological polar surface area (TPSA) is 66.9 Å². The van der Waals surface area contributed by atoms with Gasteiger partial charge < -0.3 is 9.67 Å². The van der Waals surface area contributed by atoms with Crippen LogP contribution < -0.4 is 0 Å². The van der Waals surface area contributed by atoms with Crippen molar-refractivity contribution in [2.75, 3.05) is 0 Å². The van der Waals surface area contributed by atoms with Crippen LogP contribution in [0.4, 0.5) is 5.69 Å². The summed E-state index contributed by atoms with van der Waals surface area (Å²) in [6.45, 7) is 0.351. The molecular weight excluding hydrogens is 409 g/mol. The molecule has 0 aliphatic heterocycles. The lowest BCUT2D eigenvalue weighted by Crippen LogP contribution is -1.99. The third-order valence-electron chi connectivity index (χ3n) is 4.52. The highest BCUT2D eigenvalue weighted by Crippen LogP contribution is 2.39. The molecule has 1 amide bonds. The van der Waals surface area contributed by atoms with Crippen LogP contribution in [0, 0.1) is 0 Å². The Hall–Kier alpha value is -3.15. The highest BCUT2D eigenvalue weighted by molar-refractivity contribution is 6.31. The van der Waals surface area contributed by atoms with Crippen molar-refractivity contribution in [2.24, 2.45) is 10.2 Å². The predicted octanol–water partition coefficient (Wildman–Crippen LogP) is 6.63. The minimum Gasteiger partial charge on any atom is -0.493 e. The van der Waals surface area contributed by atoms with Crippen molar-refractivity contribution in [1.82, 2.24) is 4.57 Å². The van der Waals surface area contributed by atoms with Crippen molar-refractivity contribution >= 4 is 45.7 Å². The number of carbonyl (C=O) groups excluding carboxylic acids is 1. The molecule has 0 saturated carbocycles. The highest BCUT2D eigenvalue weighted by atomic mass is 35.5. The van der Waals surface area contributed by atoms with Crippen molar-refractivity contribution in [2.45, 2.75) is 6.54 Å². The van der Waals surface area contributed by atoms with Crippen molar-refractivity contribution in [3.05, 3.63) is 94.0 Å². The molecule has 0 aliphatic carbocycles. The zero-order valence-electron chi connectivity index (χ0n) is 15.1. The van der Waals surface area contributed by atoms with Gasteiger partial charge >= 0.3 is 0 Å². The maximum absolute atomic E-state index is 12.3. The maximum atomic E-state index is 12.3. The van der Waals surface area contributed by atoms with Gasteiger partial charge in [0.1, 0.15) is 0 Å². The molecule has 29 heavy (non-hydrogen) atoms. The van der Waals surface area contributed by atoms with E-state index in [0.717, 1.165) is 11.1 Å². The average Bonchev–Trinajstić information content (AvgIpc) is 2.99. The summed E-state index contributed by atoms with van der Waals surface area (Å²) < 4.78 is 1.69. The molecule has 7 heteroatoms. The second kappa shape index (κ2) is 8.07. The molecule has 0 fully saturated rings. The van der Waals surface area contributed by atoms with Gasteiger partial charge in [0.15, 0.2) is 5.69 Å². The highest BCUT2D eigenvalue weighted by Gasteiger charge is 2.18. The summed E-state index contributed by atoms with van der Waals surface area (Å²) >= 11 is 12.2. The first-order chi connectivity index (χ1) is 14.0. The number of aromatic hydroxyl groups is 1. The van der Waals surface area contributed by atoms with Gasteiger partial charge in [-0.3, -0.25) is 4.79 Å². The van der Waals surface area contributed by atoms with Crippen LogP contribution in [-0.2, 0) is 6.54 Å². The number of hydrogen-bond donors (Lipinski definition) is 1. The molecule has 1 aromatic heterocycles. The lowest BCUT2D eigenvalue weighted by Gasteiger charge is -2.08. The molecule has 144 valence electrons. The van der Waals surface area contributed by atoms with Crippen LogP contribution in [0.1, 0.15) is 15.9 Å². The standard InChI is InChI=1S/C22H15Cl2N3O2/c23-16-8-5-7-14(12-16)21(28)26-25-20-17-9-2-4-11-19(17)27(22(20)29)13-15-6-1-3-10-18(15)24/h1-12,29H,13H2. The average molecular weight is 424 g/mol. The van der Waals surface area contributed by atoms with Gasteiger partial charge in [0, 0.05) is 21.0 Å². The van der Waals surface area contributed by atoms with Crippen molar-refractivity contribution < 1.29 is 9.90 Å². The van der Waals surface area contributed by atoms with Gasteiger partial charge in [-0.1, -0.05) is 65.7 Å². The molecule has 0 radical (unpaired) electrons. The van der Waals surface area contributed by atoms with E-state index in [1.807, 2.05) is 42.5 Å². The summed E-state index contributed by atoms with van der Waals surface area (Å²) in [6, 6.07) is 21.3. The van der Waals surface area contributed by atoms with Crippen LogP contribution in [0.3, 0.4) is 0 Å². The molecule has 0 aliphatic rings. The molecule has 4 aromatic rings. The Bertz CT molecular complexity index is 1250. The summed E-state index contributed by atoms with van der Waals surface area (Å²) in [6.07, 6.45) is 0. The lowest BCUT2D eigenvalue weighted by molar-refractivity contribution is 0.0995. The van der Waals surface area contributed by atoms with Gasteiger partial charge in [0.2, 0.25) is 5.88 Å². The maximum Gasteiger partial charge on any atom is 0.295 e. The molecule has 0 atom stereocenters. The van der Waals surface area contributed by atoms with E-state index in [-0.39, 0.29) is 11.6 Å². The zero-order chi connectivity index (χ0) is 20.4.